The SMILES string of the molecule is COc1cc(C(=O)NCC(O)(c2cccs2)C2CC2)cc(OC)c1OC. The lowest BCUT2D eigenvalue weighted by Crippen LogP contribution is -2.42. The molecule has 0 radical (unpaired) electrons. The average Bonchev–Trinajstić information content (AvgIpc) is 3.39. The second kappa shape index (κ2) is 7.55. The van der Waals surface area contributed by atoms with E-state index in [0.29, 0.717) is 22.8 Å². The van der Waals surface area contributed by atoms with Crippen LogP contribution in [0.15, 0.2) is 29.6 Å². The van der Waals surface area contributed by atoms with Crippen molar-refractivity contribution in [2.75, 3.05) is 27.9 Å². The van der Waals surface area contributed by atoms with E-state index in [4.69, 9.17) is 14.2 Å². The Balaban J connectivity index is 1.79. The normalized spacial score (nSPS) is 15.8. The summed E-state index contributed by atoms with van der Waals surface area (Å²) in [4.78, 5) is 13.5. The standard InChI is InChI=1S/C19H23NO5S/c1-23-14-9-12(10-15(24-2)17(14)25-3)18(21)20-11-19(22,13-6-7-13)16-5-4-8-26-16/h4-5,8-10,13,22H,6-7,11H2,1-3H3,(H,20,21). The molecule has 2 aromatic rings. The van der Waals surface area contributed by atoms with Crippen molar-refractivity contribution in [2.24, 2.45) is 5.92 Å². The molecule has 1 aromatic carbocycles. The quantitative estimate of drug-likeness (QED) is 0.740. The lowest BCUT2D eigenvalue weighted by atomic mass is 9.95. The molecule has 2 N–H and O–H groups in total. The Bertz CT molecular complexity index is 747. The highest BCUT2D eigenvalue weighted by Gasteiger charge is 2.46. The van der Waals surface area contributed by atoms with E-state index in [0.717, 1.165) is 17.7 Å². The van der Waals surface area contributed by atoms with Crippen molar-refractivity contribution >= 4 is 17.2 Å². The molecule has 1 fully saturated rings. The predicted molar refractivity (Wildman–Crippen MR) is 99.4 cm³/mol. The van der Waals surface area contributed by atoms with Crippen molar-refractivity contribution in [1.82, 2.24) is 5.32 Å². The van der Waals surface area contributed by atoms with Gasteiger partial charge in [-0.3, -0.25) is 4.79 Å². The van der Waals surface area contributed by atoms with Crippen LogP contribution < -0.4 is 19.5 Å². The molecule has 1 saturated carbocycles. The van der Waals surface area contributed by atoms with Gasteiger partial charge in [-0.2, -0.15) is 0 Å². The van der Waals surface area contributed by atoms with Gasteiger partial charge < -0.3 is 24.6 Å². The zero-order valence-electron chi connectivity index (χ0n) is 15.1. The molecule has 6 nitrogen and oxygen atoms in total. The summed E-state index contributed by atoms with van der Waals surface area (Å²) < 4.78 is 15.9. The number of methoxy groups -OCH3 is 3. The lowest BCUT2D eigenvalue weighted by molar-refractivity contribution is 0.0169. The first-order valence-electron chi connectivity index (χ1n) is 8.38. The van der Waals surface area contributed by atoms with Gasteiger partial charge in [0.2, 0.25) is 5.75 Å². The number of hydrogen-bond donors (Lipinski definition) is 2. The molecule has 0 spiro atoms. The molecule has 1 aliphatic carbocycles. The van der Waals surface area contributed by atoms with Gasteiger partial charge in [0.15, 0.2) is 11.5 Å². The number of carbonyl (C=O) groups excluding carboxylic acids is 1. The maximum atomic E-state index is 12.7. The molecule has 0 aliphatic heterocycles. The van der Waals surface area contributed by atoms with E-state index < -0.39 is 5.60 Å². The minimum atomic E-state index is -1.02. The van der Waals surface area contributed by atoms with E-state index in [-0.39, 0.29) is 18.4 Å². The fourth-order valence-electron chi connectivity index (χ4n) is 3.05. The summed E-state index contributed by atoms with van der Waals surface area (Å²) in [6, 6.07) is 7.01. The van der Waals surface area contributed by atoms with Crippen molar-refractivity contribution in [3.05, 3.63) is 40.1 Å². The molecular weight excluding hydrogens is 354 g/mol. The summed E-state index contributed by atoms with van der Waals surface area (Å²) in [5.74, 6) is 1.13. The lowest BCUT2D eigenvalue weighted by Gasteiger charge is -2.27. The third kappa shape index (κ3) is 3.50. The Labute approximate surface area is 156 Å². The summed E-state index contributed by atoms with van der Waals surface area (Å²) in [6.45, 7) is 0.160. The summed E-state index contributed by atoms with van der Waals surface area (Å²) >= 11 is 1.50. The van der Waals surface area contributed by atoms with Crippen LogP contribution in [-0.4, -0.2) is 38.9 Å². The van der Waals surface area contributed by atoms with Gasteiger partial charge in [-0.25, -0.2) is 0 Å². The highest BCUT2D eigenvalue weighted by molar-refractivity contribution is 7.10. The van der Waals surface area contributed by atoms with Crippen molar-refractivity contribution in [2.45, 2.75) is 18.4 Å². The first-order valence-corrected chi connectivity index (χ1v) is 9.26. The Morgan fingerprint density at radius 1 is 1.23 bits per heavy atom. The fraction of sp³-hybridized carbons (Fsp3) is 0.421. The van der Waals surface area contributed by atoms with E-state index in [1.807, 2.05) is 17.5 Å². The predicted octanol–water partition coefficient (Wildman–Crippen LogP) is 2.80. The number of rotatable bonds is 8. The molecule has 0 saturated heterocycles. The second-order valence-electron chi connectivity index (χ2n) is 6.27. The highest BCUT2D eigenvalue weighted by atomic mass is 32.1. The van der Waals surface area contributed by atoms with Gasteiger partial charge >= 0.3 is 0 Å². The van der Waals surface area contributed by atoms with Crippen LogP contribution in [-0.2, 0) is 5.60 Å². The van der Waals surface area contributed by atoms with Gasteiger partial charge in [-0.15, -0.1) is 11.3 Å². The van der Waals surface area contributed by atoms with Gasteiger partial charge in [0, 0.05) is 10.4 Å². The van der Waals surface area contributed by atoms with Crippen molar-refractivity contribution in [3.8, 4) is 17.2 Å². The molecule has 7 heteroatoms. The molecule has 26 heavy (non-hydrogen) atoms. The molecule has 1 aliphatic rings. The number of benzene rings is 1. The first-order chi connectivity index (χ1) is 12.5. The van der Waals surface area contributed by atoms with E-state index in [9.17, 15) is 9.90 Å². The zero-order valence-corrected chi connectivity index (χ0v) is 15.9. The molecule has 1 atom stereocenters. The van der Waals surface area contributed by atoms with Crippen LogP contribution in [0.4, 0.5) is 0 Å². The Hall–Kier alpha value is -2.25. The third-order valence-electron chi connectivity index (χ3n) is 4.65. The van der Waals surface area contributed by atoms with Gasteiger partial charge in [-0.1, -0.05) is 6.07 Å². The molecule has 140 valence electrons. The number of carbonyl (C=O) groups is 1. The van der Waals surface area contributed by atoms with E-state index in [1.54, 1.807) is 12.1 Å². The number of nitrogens with one attached hydrogen (secondary N) is 1. The number of hydrogen-bond acceptors (Lipinski definition) is 6. The largest absolute Gasteiger partial charge is 0.493 e. The second-order valence-corrected chi connectivity index (χ2v) is 7.22. The molecule has 1 unspecified atom stereocenters. The molecule has 1 aromatic heterocycles. The number of ether oxygens (including phenoxy) is 3. The zero-order chi connectivity index (χ0) is 18.7. The van der Waals surface area contributed by atoms with Crippen molar-refractivity contribution in [1.29, 1.82) is 0 Å². The van der Waals surface area contributed by atoms with Crippen molar-refractivity contribution in [3.63, 3.8) is 0 Å². The topological polar surface area (TPSA) is 77.0 Å². The van der Waals surface area contributed by atoms with E-state index >= 15 is 0 Å². The van der Waals surface area contributed by atoms with Crippen LogP contribution in [0.1, 0.15) is 28.1 Å². The van der Waals surface area contributed by atoms with Gasteiger partial charge in [-0.05, 0) is 42.3 Å². The van der Waals surface area contributed by atoms with Crippen LogP contribution in [0.5, 0.6) is 17.2 Å². The molecule has 1 amide bonds. The maximum absolute atomic E-state index is 12.7. The van der Waals surface area contributed by atoms with E-state index in [1.165, 1.54) is 32.7 Å². The molecular formula is C19H23NO5S. The Kier molecular flexibility index (Phi) is 5.38. The van der Waals surface area contributed by atoms with Gasteiger partial charge in [0.05, 0.1) is 27.9 Å². The minimum absolute atomic E-state index is 0.160. The third-order valence-corrected chi connectivity index (χ3v) is 5.68. The van der Waals surface area contributed by atoms with Crippen LogP contribution in [0.2, 0.25) is 0 Å². The number of aliphatic hydroxyl groups is 1. The van der Waals surface area contributed by atoms with Crippen LogP contribution in [0.25, 0.3) is 0 Å². The summed E-state index contributed by atoms with van der Waals surface area (Å²) in [5, 5.41) is 15.9. The highest BCUT2D eigenvalue weighted by Crippen LogP contribution is 2.46. The summed E-state index contributed by atoms with van der Waals surface area (Å²) in [5.41, 5.74) is -0.645. The van der Waals surface area contributed by atoms with Crippen LogP contribution >= 0.6 is 11.3 Å². The Morgan fingerprint density at radius 3 is 2.35 bits per heavy atom. The molecule has 1 heterocycles. The minimum Gasteiger partial charge on any atom is -0.493 e. The van der Waals surface area contributed by atoms with Crippen molar-refractivity contribution < 1.29 is 24.1 Å². The Morgan fingerprint density at radius 2 is 1.88 bits per heavy atom. The van der Waals surface area contributed by atoms with E-state index in [2.05, 4.69) is 5.32 Å². The maximum Gasteiger partial charge on any atom is 0.251 e. The smallest absolute Gasteiger partial charge is 0.251 e. The van der Waals surface area contributed by atoms with Gasteiger partial charge in [0.25, 0.3) is 5.91 Å². The van der Waals surface area contributed by atoms with Gasteiger partial charge in [0.1, 0.15) is 5.60 Å². The average molecular weight is 377 g/mol. The van der Waals surface area contributed by atoms with Crippen LogP contribution in [0, 0.1) is 5.92 Å². The first kappa shape index (κ1) is 18.5. The summed E-state index contributed by atoms with van der Waals surface area (Å²) in [7, 11) is 4.51. The monoisotopic (exact) mass is 377 g/mol. The molecule has 0 bridgehead atoms. The fourth-order valence-corrected chi connectivity index (χ4v) is 3.95. The number of thiophene rings is 1. The summed E-state index contributed by atoms with van der Waals surface area (Å²) in [6.07, 6.45) is 1.93. The molecule has 3 rings (SSSR count). The van der Waals surface area contributed by atoms with Crippen LogP contribution in [0.3, 0.4) is 0 Å². The number of amides is 1.